The zero-order valence-electron chi connectivity index (χ0n) is 20.9. The van der Waals surface area contributed by atoms with Crippen LogP contribution in [-0.2, 0) is 4.79 Å². The lowest BCUT2D eigenvalue weighted by atomic mass is 9.88. The third-order valence-corrected chi connectivity index (χ3v) is 8.29. The van der Waals surface area contributed by atoms with Crippen molar-refractivity contribution in [2.45, 2.75) is 38.0 Å². The van der Waals surface area contributed by atoms with Gasteiger partial charge in [0.2, 0.25) is 5.91 Å². The van der Waals surface area contributed by atoms with E-state index in [-0.39, 0.29) is 11.7 Å². The topological polar surface area (TPSA) is 36.0 Å². The minimum atomic E-state index is -0.191. The molecule has 2 aromatic rings. The number of carbonyl (C=O) groups is 1. The van der Waals surface area contributed by atoms with Crippen molar-refractivity contribution in [3.8, 4) is 5.75 Å². The fourth-order valence-electron chi connectivity index (χ4n) is 6.29. The van der Waals surface area contributed by atoms with E-state index in [2.05, 4.69) is 26.8 Å². The molecule has 35 heavy (non-hydrogen) atoms. The first kappa shape index (κ1) is 24.1. The minimum absolute atomic E-state index is 0.189. The second kappa shape index (κ2) is 11.0. The van der Waals surface area contributed by atoms with Gasteiger partial charge in [0.05, 0.1) is 7.11 Å². The van der Waals surface area contributed by atoms with Crippen molar-refractivity contribution in [2.75, 3.05) is 57.8 Å². The van der Waals surface area contributed by atoms with E-state index < -0.39 is 0 Å². The molecule has 3 aliphatic rings. The van der Waals surface area contributed by atoms with E-state index in [1.165, 1.54) is 37.4 Å². The van der Waals surface area contributed by atoms with E-state index in [9.17, 15) is 9.18 Å². The lowest BCUT2D eigenvalue weighted by molar-refractivity contribution is -0.131. The molecular weight excluding hydrogens is 441 g/mol. The molecule has 5 rings (SSSR count). The lowest BCUT2D eigenvalue weighted by Gasteiger charge is -2.38. The molecule has 0 bridgehead atoms. The van der Waals surface area contributed by atoms with Crippen molar-refractivity contribution in [2.24, 2.45) is 11.8 Å². The van der Waals surface area contributed by atoms with Crippen LogP contribution in [0.4, 0.5) is 10.1 Å². The van der Waals surface area contributed by atoms with Gasteiger partial charge in [-0.2, -0.15) is 0 Å². The van der Waals surface area contributed by atoms with Gasteiger partial charge >= 0.3 is 0 Å². The molecule has 1 aliphatic carbocycles. The zero-order chi connectivity index (χ0) is 24.2. The Morgan fingerprint density at radius 3 is 2.51 bits per heavy atom. The van der Waals surface area contributed by atoms with E-state index in [0.29, 0.717) is 30.7 Å². The first-order valence-corrected chi connectivity index (χ1v) is 13.2. The largest absolute Gasteiger partial charge is 0.497 e. The molecule has 0 N–H and O–H groups in total. The molecule has 2 aromatic carbocycles. The maximum absolute atomic E-state index is 14.1. The van der Waals surface area contributed by atoms with Gasteiger partial charge in [0.1, 0.15) is 11.6 Å². The molecule has 0 aromatic heterocycles. The standard InChI is InChI=1S/C29H38FN3O2/c1-35-27-11-5-10-26(18-27)32-14-12-31(13-15-32)19-24-20-33(29(34)16-22-6-2-3-7-22)21-28(24)23-8-4-9-25(30)17-23/h4-5,8-11,17-18,22,24,28H,2-3,6-7,12-16,19-21H2,1H3/t24-,28+/m1/s1. The highest BCUT2D eigenvalue weighted by molar-refractivity contribution is 5.77. The van der Waals surface area contributed by atoms with E-state index in [0.717, 1.165) is 50.6 Å². The molecule has 2 aliphatic heterocycles. The van der Waals surface area contributed by atoms with Gasteiger partial charge in [-0.1, -0.05) is 31.0 Å². The summed E-state index contributed by atoms with van der Waals surface area (Å²) in [6.07, 6.45) is 5.58. The molecule has 1 saturated carbocycles. The summed E-state index contributed by atoms with van der Waals surface area (Å²) >= 11 is 0. The average molecular weight is 480 g/mol. The number of ether oxygens (including phenoxy) is 1. The maximum atomic E-state index is 14.1. The summed E-state index contributed by atoms with van der Waals surface area (Å²) in [6.45, 7) is 6.34. The van der Waals surface area contributed by atoms with Crippen LogP contribution in [-0.4, -0.2) is 68.6 Å². The number of anilines is 1. The number of carbonyl (C=O) groups excluding carboxylic acids is 1. The first-order chi connectivity index (χ1) is 17.1. The third-order valence-electron chi connectivity index (χ3n) is 8.29. The fourth-order valence-corrected chi connectivity index (χ4v) is 6.29. The van der Waals surface area contributed by atoms with Crippen molar-refractivity contribution >= 4 is 11.6 Å². The van der Waals surface area contributed by atoms with Gasteiger partial charge in [0.25, 0.3) is 0 Å². The van der Waals surface area contributed by atoms with Gasteiger partial charge in [-0.3, -0.25) is 9.69 Å². The van der Waals surface area contributed by atoms with Crippen LogP contribution in [0.3, 0.4) is 0 Å². The Morgan fingerprint density at radius 1 is 1.00 bits per heavy atom. The maximum Gasteiger partial charge on any atom is 0.222 e. The number of halogens is 1. The van der Waals surface area contributed by atoms with Crippen LogP contribution in [0, 0.1) is 17.7 Å². The summed E-state index contributed by atoms with van der Waals surface area (Å²) in [6, 6.07) is 15.3. The monoisotopic (exact) mass is 479 g/mol. The average Bonchev–Trinajstić information content (AvgIpc) is 3.55. The smallest absolute Gasteiger partial charge is 0.222 e. The number of hydrogen-bond acceptors (Lipinski definition) is 4. The molecule has 3 fully saturated rings. The van der Waals surface area contributed by atoms with Crippen LogP contribution in [0.5, 0.6) is 5.75 Å². The van der Waals surface area contributed by atoms with Gasteiger partial charge in [-0.05, 0) is 54.5 Å². The number of likely N-dealkylation sites (tertiary alicyclic amines) is 1. The van der Waals surface area contributed by atoms with Crippen LogP contribution in [0.15, 0.2) is 48.5 Å². The van der Waals surface area contributed by atoms with Crippen molar-refractivity contribution in [1.82, 2.24) is 9.80 Å². The van der Waals surface area contributed by atoms with Crippen LogP contribution < -0.4 is 9.64 Å². The Bertz CT molecular complexity index is 1000. The van der Waals surface area contributed by atoms with Gasteiger partial charge in [0, 0.05) is 69.9 Å². The van der Waals surface area contributed by atoms with Crippen molar-refractivity contribution in [3.05, 3.63) is 59.9 Å². The normalized spacial score (nSPS) is 23.7. The lowest BCUT2D eigenvalue weighted by Crippen LogP contribution is -2.48. The van der Waals surface area contributed by atoms with Crippen LogP contribution >= 0.6 is 0 Å². The number of nitrogens with zero attached hydrogens (tertiary/aromatic N) is 3. The second-order valence-electron chi connectivity index (χ2n) is 10.6. The molecule has 2 saturated heterocycles. The van der Waals surface area contributed by atoms with Gasteiger partial charge in [-0.15, -0.1) is 0 Å². The highest BCUT2D eigenvalue weighted by Crippen LogP contribution is 2.36. The molecule has 6 heteroatoms. The predicted octanol–water partition coefficient (Wildman–Crippen LogP) is 4.78. The molecule has 1 amide bonds. The number of benzene rings is 2. The fraction of sp³-hybridized carbons (Fsp3) is 0.552. The molecule has 0 unspecified atom stereocenters. The number of rotatable bonds is 7. The van der Waals surface area contributed by atoms with Crippen LogP contribution in [0.2, 0.25) is 0 Å². The van der Waals surface area contributed by atoms with E-state index in [4.69, 9.17) is 4.74 Å². The zero-order valence-corrected chi connectivity index (χ0v) is 20.9. The van der Waals surface area contributed by atoms with Crippen molar-refractivity contribution in [3.63, 3.8) is 0 Å². The molecule has 0 radical (unpaired) electrons. The van der Waals surface area contributed by atoms with Gasteiger partial charge in [-0.25, -0.2) is 4.39 Å². The van der Waals surface area contributed by atoms with Crippen LogP contribution in [0.1, 0.15) is 43.6 Å². The highest BCUT2D eigenvalue weighted by Gasteiger charge is 2.38. The summed E-state index contributed by atoms with van der Waals surface area (Å²) in [5.41, 5.74) is 2.23. The van der Waals surface area contributed by atoms with Crippen LogP contribution in [0.25, 0.3) is 0 Å². The Hall–Kier alpha value is -2.60. The molecule has 188 valence electrons. The van der Waals surface area contributed by atoms with E-state index in [1.807, 2.05) is 18.2 Å². The Morgan fingerprint density at radius 2 is 1.77 bits per heavy atom. The van der Waals surface area contributed by atoms with Gasteiger partial charge < -0.3 is 14.5 Å². The number of amides is 1. The summed E-state index contributed by atoms with van der Waals surface area (Å²) in [5.74, 6) is 2.06. The van der Waals surface area contributed by atoms with E-state index in [1.54, 1.807) is 19.2 Å². The Labute approximate surface area is 208 Å². The highest BCUT2D eigenvalue weighted by atomic mass is 19.1. The molecular formula is C29H38FN3O2. The molecule has 2 heterocycles. The second-order valence-corrected chi connectivity index (χ2v) is 10.6. The van der Waals surface area contributed by atoms with Crippen molar-refractivity contribution in [1.29, 1.82) is 0 Å². The van der Waals surface area contributed by atoms with E-state index >= 15 is 0 Å². The predicted molar refractivity (Wildman–Crippen MR) is 137 cm³/mol. The summed E-state index contributed by atoms with van der Waals surface area (Å²) < 4.78 is 19.5. The summed E-state index contributed by atoms with van der Waals surface area (Å²) in [4.78, 5) is 20.2. The summed E-state index contributed by atoms with van der Waals surface area (Å²) in [7, 11) is 1.70. The van der Waals surface area contributed by atoms with Crippen molar-refractivity contribution < 1.29 is 13.9 Å². The SMILES string of the molecule is COc1cccc(N2CCN(C[C@@H]3CN(C(=O)CC4CCCC4)C[C@H]3c3cccc(F)c3)CC2)c1. The first-order valence-electron chi connectivity index (χ1n) is 13.2. The number of methoxy groups -OCH3 is 1. The minimum Gasteiger partial charge on any atom is -0.497 e. The third kappa shape index (κ3) is 5.80. The quantitative estimate of drug-likeness (QED) is 0.573. The Balaban J connectivity index is 1.23. The molecule has 5 nitrogen and oxygen atoms in total. The molecule has 2 atom stereocenters. The molecule has 0 spiro atoms. The number of piperazine rings is 1. The number of hydrogen-bond donors (Lipinski definition) is 0. The van der Waals surface area contributed by atoms with Gasteiger partial charge in [0.15, 0.2) is 0 Å². The summed E-state index contributed by atoms with van der Waals surface area (Å²) in [5, 5.41) is 0. The Kier molecular flexibility index (Phi) is 7.57.